The van der Waals surface area contributed by atoms with Crippen molar-refractivity contribution in [3.63, 3.8) is 0 Å². The number of esters is 1. The van der Waals surface area contributed by atoms with Crippen molar-refractivity contribution in [1.82, 2.24) is 26.2 Å². The zero-order chi connectivity index (χ0) is 34.6. The number of allylic oxidation sites excluding steroid dienone is 1. The van der Waals surface area contributed by atoms with Gasteiger partial charge < -0.3 is 30.9 Å². The fourth-order valence-electron chi connectivity index (χ4n) is 6.94. The van der Waals surface area contributed by atoms with Gasteiger partial charge in [-0.1, -0.05) is 39.2 Å². The SMILES string of the molecule is C=CCCC(NC(=O)[C@@H]1[C@@H]2[C@H](CN1C(=O)[C@@H](NC(=O)NC(C)(C)C)C1CCCCC1)C2(C)C)C(=O)C(=O)NCC(=O)OC(C)(C)C. The average Bonchev–Trinajstić information content (AvgIpc) is 3.26. The number of hydrogen-bond acceptors (Lipinski definition) is 7. The van der Waals surface area contributed by atoms with E-state index in [1.54, 1.807) is 31.7 Å². The molecule has 12 nitrogen and oxygen atoms in total. The number of piperidine rings is 1. The summed E-state index contributed by atoms with van der Waals surface area (Å²) in [5, 5.41) is 10.9. The van der Waals surface area contributed by atoms with E-state index in [2.05, 4.69) is 41.7 Å². The minimum Gasteiger partial charge on any atom is -0.459 e. The number of carbonyl (C=O) groups is 6. The van der Waals surface area contributed by atoms with Crippen molar-refractivity contribution in [2.24, 2.45) is 23.2 Å². The standard InChI is InChI=1S/C34H55N5O7/c1-10-11-17-22(27(41)29(43)35-18-23(40)46-33(5,6)7)36-28(42)26-24-21(34(24,8)9)19-39(26)30(44)25(20-15-13-12-14-16-20)37-31(45)38-32(2,3)4/h10,20-22,24-26H,1,11-19H2,2-9H3,(H,35,43)(H,36,42)(H2,37,38,45)/t21-,22?,24-,25-,26-/m0/s1. The summed E-state index contributed by atoms with van der Waals surface area (Å²) in [6, 6.07) is -3.29. The maximum absolute atomic E-state index is 14.3. The number of amides is 5. The van der Waals surface area contributed by atoms with Crippen LogP contribution in [0, 0.1) is 23.2 Å². The quantitative estimate of drug-likeness (QED) is 0.144. The first kappa shape index (κ1) is 37.0. The second-order valence-electron chi connectivity index (χ2n) is 15.7. The first-order valence-corrected chi connectivity index (χ1v) is 16.6. The second-order valence-corrected chi connectivity index (χ2v) is 15.7. The van der Waals surface area contributed by atoms with Crippen molar-refractivity contribution in [3.05, 3.63) is 12.7 Å². The van der Waals surface area contributed by atoms with Crippen LogP contribution in [0.15, 0.2) is 12.7 Å². The predicted molar refractivity (Wildman–Crippen MR) is 173 cm³/mol. The monoisotopic (exact) mass is 645 g/mol. The zero-order valence-corrected chi connectivity index (χ0v) is 28.9. The summed E-state index contributed by atoms with van der Waals surface area (Å²) >= 11 is 0. The lowest BCUT2D eigenvalue weighted by Gasteiger charge is -2.37. The van der Waals surface area contributed by atoms with Crippen molar-refractivity contribution in [2.45, 2.75) is 130 Å². The van der Waals surface area contributed by atoms with Gasteiger partial charge in [-0.05, 0) is 90.4 Å². The van der Waals surface area contributed by atoms with E-state index in [0.717, 1.165) is 32.1 Å². The van der Waals surface area contributed by atoms with Crippen LogP contribution < -0.4 is 21.3 Å². The van der Waals surface area contributed by atoms with Crippen LogP contribution >= 0.6 is 0 Å². The van der Waals surface area contributed by atoms with Gasteiger partial charge in [0.1, 0.15) is 24.2 Å². The maximum atomic E-state index is 14.3. The van der Waals surface area contributed by atoms with Gasteiger partial charge in [-0.3, -0.25) is 24.0 Å². The molecule has 46 heavy (non-hydrogen) atoms. The van der Waals surface area contributed by atoms with E-state index in [0.29, 0.717) is 13.0 Å². The molecule has 5 amide bonds. The van der Waals surface area contributed by atoms with Crippen LogP contribution in [0.2, 0.25) is 0 Å². The molecule has 1 saturated heterocycles. The summed E-state index contributed by atoms with van der Waals surface area (Å²) in [6.07, 6.45) is 6.63. The van der Waals surface area contributed by atoms with Gasteiger partial charge in [0.05, 0.1) is 6.04 Å². The average molecular weight is 646 g/mol. The molecule has 2 saturated carbocycles. The molecule has 0 spiro atoms. The molecule has 0 aromatic carbocycles. The van der Waals surface area contributed by atoms with Crippen molar-refractivity contribution < 1.29 is 33.5 Å². The van der Waals surface area contributed by atoms with Gasteiger partial charge in [0.15, 0.2) is 0 Å². The van der Waals surface area contributed by atoms with Gasteiger partial charge >= 0.3 is 12.0 Å². The van der Waals surface area contributed by atoms with Crippen molar-refractivity contribution >= 4 is 35.5 Å². The zero-order valence-electron chi connectivity index (χ0n) is 28.9. The number of nitrogens with zero attached hydrogens (tertiary/aromatic N) is 1. The van der Waals surface area contributed by atoms with Crippen LogP contribution in [-0.4, -0.2) is 82.8 Å². The Labute approximate surface area is 273 Å². The summed E-state index contributed by atoms with van der Waals surface area (Å²) in [4.78, 5) is 81.0. The lowest BCUT2D eigenvalue weighted by atomic mass is 9.83. The van der Waals surface area contributed by atoms with Crippen LogP contribution in [0.4, 0.5) is 4.79 Å². The summed E-state index contributed by atoms with van der Waals surface area (Å²) in [7, 11) is 0. The van der Waals surface area contributed by atoms with Crippen LogP contribution in [0.3, 0.4) is 0 Å². The molecule has 1 aliphatic heterocycles. The van der Waals surface area contributed by atoms with E-state index in [-0.39, 0.29) is 35.5 Å². The highest BCUT2D eigenvalue weighted by Gasteiger charge is 2.69. The van der Waals surface area contributed by atoms with Crippen molar-refractivity contribution in [2.75, 3.05) is 13.1 Å². The van der Waals surface area contributed by atoms with Crippen molar-refractivity contribution in [3.8, 4) is 0 Å². The molecule has 2 aliphatic carbocycles. The minimum absolute atomic E-state index is 0.0591. The Morgan fingerprint density at radius 3 is 2.17 bits per heavy atom. The molecule has 3 fully saturated rings. The fourth-order valence-corrected chi connectivity index (χ4v) is 6.94. The molecule has 1 unspecified atom stereocenters. The van der Waals surface area contributed by atoms with Gasteiger partial charge in [-0.2, -0.15) is 0 Å². The molecule has 4 N–H and O–H groups in total. The smallest absolute Gasteiger partial charge is 0.325 e. The first-order chi connectivity index (χ1) is 21.3. The molecule has 258 valence electrons. The largest absolute Gasteiger partial charge is 0.459 e. The van der Waals surface area contributed by atoms with Gasteiger partial charge in [-0.25, -0.2) is 4.79 Å². The molecule has 0 bridgehead atoms. The molecule has 0 aromatic rings. The number of Topliss-reactive ketones (excluding diaryl/α,β-unsaturated/α-hetero) is 1. The third-order valence-electron chi connectivity index (χ3n) is 9.25. The van der Waals surface area contributed by atoms with Gasteiger partial charge in [0.25, 0.3) is 5.91 Å². The molecular formula is C34H55N5O7. The molecule has 3 rings (SSSR count). The highest BCUT2D eigenvalue weighted by molar-refractivity contribution is 6.38. The summed E-state index contributed by atoms with van der Waals surface area (Å²) in [6.45, 7) is 18.3. The molecule has 1 heterocycles. The topological polar surface area (TPSA) is 163 Å². The summed E-state index contributed by atoms with van der Waals surface area (Å²) in [5.41, 5.74) is -1.45. The van der Waals surface area contributed by atoms with Crippen LogP contribution in [0.5, 0.6) is 0 Å². The summed E-state index contributed by atoms with van der Waals surface area (Å²) < 4.78 is 5.19. The minimum atomic E-state index is -1.19. The fraction of sp³-hybridized carbons (Fsp3) is 0.765. The highest BCUT2D eigenvalue weighted by atomic mass is 16.6. The van der Waals surface area contributed by atoms with Gasteiger partial charge in [0.2, 0.25) is 17.6 Å². The molecule has 12 heteroatoms. The Bertz CT molecular complexity index is 1200. The van der Waals surface area contributed by atoms with Crippen LogP contribution in [0.1, 0.15) is 100 Å². The number of ether oxygens (including phenoxy) is 1. The Hall–Kier alpha value is -3.44. The van der Waals surface area contributed by atoms with E-state index in [1.165, 1.54) is 0 Å². The summed E-state index contributed by atoms with van der Waals surface area (Å²) in [5.74, 6) is -3.54. The van der Waals surface area contributed by atoms with E-state index in [9.17, 15) is 28.8 Å². The lowest BCUT2D eigenvalue weighted by Crippen LogP contribution is -2.61. The number of hydrogen-bond donors (Lipinski definition) is 4. The predicted octanol–water partition coefficient (Wildman–Crippen LogP) is 2.99. The number of urea groups is 1. The van der Waals surface area contributed by atoms with Crippen LogP contribution in [-0.2, 0) is 28.7 Å². The number of rotatable bonds is 12. The van der Waals surface area contributed by atoms with E-state index in [1.807, 2.05) is 20.8 Å². The maximum Gasteiger partial charge on any atom is 0.325 e. The molecule has 3 aliphatic rings. The third-order valence-corrected chi connectivity index (χ3v) is 9.25. The van der Waals surface area contributed by atoms with E-state index >= 15 is 0 Å². The first-order valence-electron chi connectivity index (χ1n) is 16.6. The van der Waals surface area contributed by atoms with E-state index < -0.39 is 65.4 Å². The Morgan fingerprint density at radius 1 is 0.978 bits per heavy atom. The number of ketones is 1. The number of carbonyl (C=O) groups excluding carboxylic acids is 6. The lowest BCUT2D eigenvalue weighted by molar-refractivity contribution is -0.155. The Kier molecular flexibility index (Phi) is 11.7. The molecule has 5 atom stereocenters. The highest BCUT2D eigenvalue weighted by Crippen LogP contribution is 2.65. The molecule has 0 aromatic heterocycles. The van der Waals surface area contributed by atoms with Crippen molar-refractivity contribution in [1.29, 1.82) is 0 Å². The number of fused-ring (bicyclic) bond motifs is 1. The van der Waals surface area contributed by atoms with Crippen LogP contribution in [0.25, 0.3) is 0 Å². The Morgan fingerprint density at radius 2 is 1.61 bits per heavy atom. The third kappa shape index (κ3) is 9.54. The molecule has 0 radical (unpaired) electrons. The normalized spacial score (nSPS) is 23.7. The number of likely N-dealkylation sites (tertiary alicyclic amines) is 1. The molecular weight excluding hydrogens is 590 g/mol. The van der Waals surface area contributed by atoms with E-state index in [4.69, 9.17) is 4.74 Å². The van der Waals surface area contributed by atoms with Gasteiger partial charge in [-0.15, -0.1) is 6.58 Å². The Balaban J connectivity index is 1.80. The number of nitrogens with one attached hydrogen (secondary N) is 4. The van der Waals surface area contributed by atoms with Gasteiger partial charge in [0, 0.05) is 12.1 Å². The second kappa shape index (κ2) is 14.5.